The van der Waals surface area contributed by atoms with Gasteiger partial charge in [-0.05, 0) is 13.3 Å². The van der Waals surface area contributed by atoms with Gasteiger partial charge in [0.15, 0.2) is 12.6 Å². The van der Waals surface area contributed by atoms with Crippen molar-refractivity contribution in [1.82, 2.24) is 0 Å². The first kappa shape index (κ1) is 17.8. The Hall–Kier alpha value is -0.160. The van der Waals surface area contributed by atoms with E-state index in [9.17, 15) is 20.4 Å². The highest BCUT2D eigenvalue weighted by molar-refractivity contribution is 4.78. The molecule has 4 heteroatoms. The molecule has 0 aliphatic rings. The lowest BCUT2D eigenvalue weighted by Crippen LogP contribution is -2.42. The molecule has 0 radical (unpaired) electrons. The fourth-order valence-corrected chi connectivity index (χ4v) is 2.03. The molecule has 0 atom stereocenters. The molecule has 0 heterocycles. The minimum Gasteiger partial charge on any atom is -0.367 e. The summed E-state index contributed by atoms with van der Waals surface area (Å²) in [6.07, 6.45) is 6.26. The van der Waals surface area contributed by atoms with E-state index in [4.69, 9.17) is 0 Å². The lowest BCUT2D eigenvalue weighted by Gasteiger charge is -2.32. The van der Waals surface area contributed by atoms with E-state index >= 15 is 0 Å². The van der Waals surface area contributed by atoms with Crippen molar-refractivity contribution in [1.29, 1.82) is 0 Å². The summed E-state index contributed by atoms with van der Waals surface area (Å²) >= 11 is 0. The van der Waals surface area contributed by atoms with E-state index in [2.05, 4.69) is 6.92 Å². The average molecular weight is 262 g/mol. The van der Waals surface area contributed by atoms with Gasteiger partial charge < -0.3 is 20.4 Å². The quantitative estimate of drug-likeness (QED) is 0.340. The second-order valence-electron chi connectivity index (χ2n) is 5.48. The van der Waals surface area contributed by atoms with Crippen LogP contribution in [-0.4, -0.2) is 33.0 Å². The summed E-state index contributed by atoms with van der Waals surface area (Å²) in [6.45, 7) is 3.69. The van der Waals surface area contributed by atoms with Crippen molar-refractivity contribution in [3.63, 3.8) is 0 Å². The first-order chi connectivity index (χ1) is 8.45. The average Bonchev–Trinajstić information content (AvgIpc) is 2.31. The second-order valence-corrected chi connectivity index (χ2v) is 5.48. The number of hydrogen-bond acceptors (Lipinski definition) is 4. The zero-order valence-electron chi connectivity index (χ0n) is 11.8. The number of aliphatic hydroxyl groups is 4. The Labute approximate surface area is 111 Å². The smallest absolute Gasteiger partial charge is 0.161 e. The van der Waals surface area contributed by atoms with E-state index in [0.717, 1.165) is 19.3 Å². The van der Waals surface area contributed by atoms with Crippen LogP contribution in [0.15, 0.2) is 0 Å². The lowest BCUT2D eigenvalue weighted by atomic mass is 9.83. The molecule has 0 amide bonds. The molecule has 0 unspecified atom stereocenters. The van der Waals surface area contributed by atoms with Gasteiger partial charge in [-0.3, -0.25) is 0 Å². The van der Waals surface area contributed by atoms with Gasteiger partial charge in [0, 0.05) is 0 Å². The third kappa shape index (κ3) is 6.69. The first-order valence-corrected chi connectivity index (χ1v) is 7.17. The molecule has 0 rings (SSSR count). The summed E-state index contributed by atoms with van der Waals surface area (Å²) in [4.78, 5) is 0. The van der Waals surface area contributed by atoms with Gasteiger partial charge in [-0.1, -0.05) is 58.3 Å². The molecule has 4 N–H and O–H groups in total. The van der Waals surface area contributed by atoms with Crippen molar-refractivity contribution in [2.45, 2.75) is 84.2 Å². The van der Waals surface area contributed by atoms with Crippen LogP contribution >= 0.6 is 0 Å². The summed E-state index contributed by atoms with van der Waals surface area (Å²) < 4.78 is 0. The normalized spacial score (nSPS) is 12.7. The van der Waals surface area contributed by atoms with Gasteiger partial charge in [-0.25, -0.2) is 0 Å². The van der Waals surface area contributed by atoms with E-state index in [1.165, 1.54) is 39.0 Å². The van der Waals surface area contributed by atoms with Gasteiger partial charge in [0.2, 0.25) is 0 Å². The fourth-order valence-electron chi connectivity index (χ4n) is 2.03. The number of hydrogen-bond donors (Lipinski definition) is 4. The Balaban J connectivity index is 3.63. The predicted molar refractivity (Wildman–Crippen MR) is 71.8 cm³/mol. The van der Waals surface area contributed by atoms with Crippen molar-refractivity contribution in [3.8, 4) is 0 Å². The maximum Gasteiger partial charge on any atom is 0.161 e. The van der Waals surface area contributed by atoms with Crippen molar-refractivity contribution < 1.29 is 20.4 Å². The number of unbranched alkanes of at least 4 members (excludes halogenated alkanes) is 7. The molecule has 0 saturated heterocycles. The van der Waals surface area contributed by atoms with Crippen molar-refractivity contribution in [2.75, 3.05) is 0 Å². The first-order valence-electron chi connectivity index (χ1n) is 7.17. The highest BCUT2D eigenvalue weighted by atomic mass is 16.5. The Morgan fingerprint density at radius 1 is 0.722 bits per heavy atom. The summed E-state index contributed by atoms with van der Waals surface area (Å²) in [5.41, 5.74) is -1.23. The molecule has 0 saturated carbocycles. The summed E-state index contributed by atoms with van der Waals surface area (Å²) in [6, 6.07) is 0. The van der Waals surface area contributed by atoms with Gasteiger partial charge in [-0.15, -0.1) is 0 Å². The van der Waals surface area contributed by atoms with Gasteiger partial charge in [0.25, 0.3) is 0 Å². The molecule has 0 bridgehead atoms. The Kier molecular flexibility index (Phi) is 9.64. The monoisotopic (exact) mass is 262 g/mol. The molecule has 110 valence electrons. The van der Waals surface area contributed by atoms with Crippen molar-refractivity contribution >= 4 is 0 Å². The molecular weight excluding hydrogens is 232 g/mol. The molecular formula is C14H30O4. The Morgan fingerprint density at radius 2 is 1.11 bits per heavy atom. The summed E-state index contributed by atoms with van der Waals surface area (Å²) in [5.74, 6) is 0. The van der Waals surface area contributed by atoms with Crippen molar-refractivity contribution in [2.24, 2.45) is 5.41 Å². The third-order valence-corrected chi connectivity index (χ3v) is 3.75. The van der Waals surface area contributed by atoms with Crippen LogP contribution in [0.5, 0.6) is 0 Å². The molecule has 0 fully saturated rings. The third-order valence-electron chi connectivity index (χ3n) is 3.75. The van der Waals surface area contributed by atoms with E-state index in [1.807, 2.05) is 0 Å². The van der Waals surface area contributed by atoms with Crippen LogP contribution in [0.4, 0.5) is 0 Å². The molecule has 0 aliphatic carbocycles. The SMILES string of the molecule is CCCCCCCCCCC(C)(C(O)O)C(O)O. The van der Waals surface area contributed by atoms with Gasteiger partial charge >= 0.3 is 0 Å². The molecule has 4 nitrogen and oxygen atoms in total. The van der Waals surface area contributed by atoms with Gasteiger partial charge in [-0.2, -0.15) is 0 Å². The maximum absolute atomic E-state index is 9.18. The van der Waals surface area contributed by atoms with Crippen LogP contribution in [0.3, 0.4) is 0 Å². The topological polar surface area (TPSA) is 80.9 Å². The van der Waals surface area contributed by atoms with Gasteiger partial charge in [0.1, 0.15) is 0 Å². The lowest BCUT2D eigenvalue weighted by molar-refractivity contribution is -0.232. The zero-order chi connectivity index (χ0) is 14.0. The van der Waals surface area contributed by atoms with Crippen LogP contribution in [0.25, 0.3) is 0 Å². The zero-order valence-corrected chi connectivity index (χ0v) is 11.8. The maximum atomic E-state index is 9.18. The summed E-state index contributed by atoms with van der Waals surface area (Å²) in [5, 5.41) is 36.7. The minimum absolute atomic E-state index is 0.414. The van der Waals surface area contributed by atoms with E-state index in [0.29, 0.717) is 6.42 Å². The number of aliphatic hydroxyl groups excluding tert-OH is 2. The van der Waals surface area contributed by atoms with Crippen LogP contribution in [-0.2, 0) is 0 Å². The second kappa shape index (κ2) is 9.73. The molecule has 0 aromatic heterocycles. The Bertz CT molecular complexity index is 184. The standard InChI is InChI=1S/C14H30O4/c1-3-4-5-6-7-8-9-10-11-14(2,12(15)16)13(17)18/h12-13,15-18H,3-11H2,1-2H3. The van der Waals surface area contributed by atoms with Crippen LogP contribution < -0.4 is 0 Å². The molecule has 0 aromatic rings. The van der Waals surface area contributed by atoms with E-state index in [-0.39, 0.29) is 0 Å². The highest BCUT2D eigenvalue weighted by Gasteiger charge is 2.37. The summed E-state index contributed by atoms with van der Waals surface area (Å²) in [7, 11) is 0. The number of rotatable bonds is 11. The predicted octanol–water partition coefficient (Wildman–Crippen LogP) is 2.14. The van der Waals surface area contributed by atoms with Gasteiger partial charge in [0.05, 0.1) is 5.41 Å². The fraction of sp³-hybridized carbons (Fsp3) is 1.00. The highest BCUT2D eigenvalue weighted by Crippen LogP contribution is 2.31. The molecule has 18 heavy (non-hydrogen) atoms. The van der Waals surface area contributed by atoms with Crippen molar-refractivity contribution in [3.05, 3.63) is 0 Å². The Morgan fingerprint density at radius 3 is 1.50 bits per heavy atom. The minimum atomic E-state index is -1.69. The van der Waals surface area contributed by atoms with E-state index in [1.54, 1.807) is 0 Å². The van der Waals surface area contributed by atoms with E-state index < -0.39 is 18.0 Å². The van der Waals surface area contributed by atoms with Crippen LogP contribution in [0.2, 0.25) is 0 Å². The largest absolute Gasteiger partial charge is 0.367 e. The van der Waals surface area contributed by atoms with Crippen LogP contribution in [0.1, 0.15) is 71.6 Å². The molecule has 0 aromatic carbocycles. The molecule has 0 spiro atoms. The molecule has 0 aliphatic heterocycles. The van der Waals surface area contributed by atoms with Crippen LogP contribution in [0, 0.1) is 5.41 Å².